The molecular weight excluding hydrogens is 298 g/mol. The van der Waals surface area contributed by atoms with Gasteiger partial charge in [-0.25, -0.2) is 0 Å². The Morgan fingerprint density at radius 3 is 2.38 bits per heavy atom. The third-order valence-electron chi connectivity index (χ3n) is 4.05. The maximum atomic E-state index is 13.0. The topological polar surface area (TPSA) is 39.2 Å². The number of hydrogen-bond donors (Lipinski definition) is 0. The Morgan fingerprint density at radius 1 is 0.875 bits per heavy atom. The number of nitrogens with zero attached hydrogens (tertiary/aromatic N) is 1. The summed E-state index contributed by atoms with van der Waals surface area (Å²) >= 11 is 0. The zero-order chi connectivity index (χ0) is 16.4. The van der Waals surface area contributed by atoms with Gasteiger partial charge < -0.3 is 4.74 Å². The average Bonchev–Trinajstić information content (AvgIpc) is 2.65. The first-order valence-corrected chi connectivity index (χ1v) is 7.80. The number of hydrogen-bond acceptors (Lipinski definition) is 3. The standard InChI is InChI=1S/C21H15NO2/c23-20-17-8-4-5-9-19(17)24-21(16-6-2-1-3-7-16)18(20)14-15-10-12-22-13-11-15/h1-14,21H/b18-14-. The van der Waals surface area contributed by atoms with Crippen LogP contribution in [0.3, 0.4) is 0 Å². The average molecular weight is 313 g/mol. The van der Waals surface area contributed by atoms with Gasteiger partial charge in [0.25, 0.3) is 0 Å². The Balaban J connectivity index is 1.87. The first-order chi connectivity index (χ1) is 11.8. The number of carbonyl (C=O) groups is 1. The van der Waals surface area contributed by atoms with E-state index in [9.17, 15) is 4.79 Å². The van der Waals surface area contributed by atoms with Crippen molar-refractivity contribution < 1.29 is 9.53 Å². The molecule has 1 unspecified atom stereocenters. The molecule has 1 aromatic heterocycles. The molecule has 1 aliphatic rings. The zero-order valence-electron chi connectivity index (χ0n) is 12.9. The fraction of sp³-hybridized carbons (Fsp3) is 0.0476. The number of pyridine rings is 1. The lowest BCUT2D eigenvalue weighted by atomic mass is 9.90. The van der Waals surface area contributed by atoms with E-state index in [1.807, 2.05) is 66.7 Å². The van der Waals surface area contributed by atoms with Crippen molar-refractivity contribution in [3.63, 3.8) is 0 Å². The maximum Gasteiger partial charge on any atom is 0.196 e. The summed E-state index contributed by atoms with van der Waals surface area (Å²) in [6.45, 7) is 0. The molecule has 4 rings (SSSR count). The van der Waals surface area contributed by atoms with E-state index in [0.717, 1.165) is 11.1 Å². The minimum absolute atomic E-state index is 0.00233. The van der Waals surface area contributed by atoms with Crippen LogP contribution in [-0.2, 0) is 0 Å². The van der Waals surface area contributed by atoms with E-state index < -0.39 is 6.10 Å². The molecule has 2 heterocycles. The Kier molecular flexibility index (Phi) is 3.67. The third kappa shape index (κ3) is 2.61. The number of benzene rings is 2. The first-order valence-electron chi connectivity index (χ1n) is 7.80. The Labute approximate surface area is 140 Å². The van der Waals surface area contributed by atoms with E-state index in [1.54, 1.807) is 18.5 Å². The van der Waals surface area contributed by atoms with Gasteiger partial charge in [0.1, 0.15) is 5.75 Å². The molecule has 0 fully saturated rings. The highest BCUT2D eigenvalue weighted by Crippen LogP contribution is 2.38. The molecule has 0 saturated carbocycles. The number of Topliss-reactive ketones (excluding diaryl/α,β-unsaturated/α-hetero) is 1. The van der Waals surface area contributed by atoms with Gasteiger partial charge in [0.15, 0.2) is 11.9 Å². The van der Waals surface area contributed by atoms with Crippen LogP contribution in [0.25, 0.3) is 6.08 Å². The van der Waals surface area contributed by atoms with E-state index in [4.69, 9.17) is 4.74 Å². The first kappa shape index (κ1) is 14.4. The summed E-state index contributed by atoms with van der Waals surface area (Å²) in [5, 5.41) is 0. The van der Waals surface area contributed by atoms with Crippen LogP contribution in [-0.4, -0.2) is 10.8 Å². The van der Waals surface area contributed by atoms with E-state index in [2.05, 4.69) is 4.98 Å². The van der Waals surface area contributed by atoms with E-state index in [1.165, 1.54) is 0 Å². The summed E-state index contributed by atoms with van der Waals surface area (Å²) in [4.78, 5) is 17.1. The molecule has 3 aromatic rings. The van der Waals surface area contributed by atoms with Crippen molar-refractivity contribution in [3.05, 3.63) is 101 Å². The minimum atomic E-state index is -0.415. The number of ketones is 1. The van der Waals surface area contributed by atoms with Crippen molar-refractivity contribution in [3.8, 4) is 5.75 Å². The van der Waals surface area contributed by atoms with Gasteiger partial charge in [0.05, 0.1) is 5.56 Å². The van der Waals surface area contributed by atoms with Gasteiger partial charge in [0, 0.05) is 18.0 Å². The Morgan fingerprint density at radius 2 is 1.58 bits per heavy atom. The highest BCUT2D eigenvalue weighted by molar-refractivity contribution is 6.14. The second kappa shape index (κ2) is 6.13. The molecule has 0 spiro atoms. The molecule has 0 radical (unpaired) electrons. The summed E-state index contributed by atoms with van der Waals surface area (Å²) in [6.07, 6.45) is 4.90. The van der Waals surface area contributed by atoms with Gasteiger partial charge in [0.2, 0.25) is 0 Å². The number of para-hydroxylation sites is 1. The van der Waals surface area contributed by atoms with E-state index >= 15 is 0 Å². The Bertz CT molecular complexity index is 901. The molecule has 0 N–H and O–H groups in total. The molecule has 1 aliphatic heterocycles. The van der Waals surface area contributed by atoms with Crippen molar-refractivity contribution >= 4 is 11.9 Å². The molecule has 24 heavy (non-hydrogen) atoms. The smallest absolute Gasteiger partial charge is 0.196 e. The van der Waals surface area contributed by atoms with Crippen molar-refractivity contribution in [2.45, 2.75) is 6.10 Å². The second-order valence-electron chi connectivity index (χ2n) is 5.61. The SMILES string of the molecule is O=C1/C(=C/c2ccncc2)C(c2ccccc2)Oc2ccccc21. The molecule has 3 nitrogen and oxygen atoms in total. The van der Waals surface area contributed by atoms with E-state index in [-0.39, 0.29) is 5.78 Å². The van der Waals surface area contributed by atoms with Gasteiger partial charge >= 0.3 is 0 Å². The number of fused-ring (bicyclic) bond motifs is 1. The van der Waals surface area contributed by atoms with Crippen LogP contribution in [0.5, 0.6) is 5.75 Å². The molecule has 116 valence electrons. The van der Waals surface area contributed by atoms with Gasteiger partial charge in [-0.2, -0.15) is 0 Å². The maximum absolute atomic E-state index is 13.0. The summed E-state index contributed by atoms with van der Waals surface area (Å²) in [5.74, 6) is 0.630. The predicted octanol–water partition coefficient (Wildman–Crippen LogP) is 4.48. The van der Waals surface area contributed by atoms with Crippen molar-refractivity contribution in [1.29, 1.82) is 0 Å². The molecule has 0 saturated heterocycles. The van der Waals surface area contributed by atoms with Crippen LogP contribution in [0.4, 0.5) is 0 Å². The highest BCUT2D eigenvalue weighted by Gasteiger charge is 2.32. The monoisotopic (exact) mass is 313 g/mol. The van der Waals surface area contributed by atoms with Gasteiger partial charge in [-0.05, 0) is 41.5 Å². The fourth-order valence-corrected chi connectivity index (χ4v) is 2.88. The van der Waals surface area contributed by atoms with Crippen LogP contribution in [0.15, 0.2) is 84.7 Å². The molecular formula is C21H15NO2. The largest absolute Gasteiger partial charge is 0.480 e. The normalized spacial score (nSPS) is 18.1. The third-order valence-corrected chi connectivity index (χ3v) is 4.05. The molecule has 0 amide bonds. The Hall–Kier alpha value is -3.20. The fourth-order valence-electron chi connectivity index (χ4n) is 2.88. The molecule has 1 atom stereocenters. The lowest BCUT2D eigenvalue weighted by Crippen LogP contribution is -2.23. The van der Waals surface area contributed by atoms with Gasteiger partial charge in [-0.3, -0.25) is 9.78 Å². The molecule has 0 bridgehead atoms. The lowest BCUT2D eigenvalue weighted by Gasteiger charge is -2.28. The zero-order valence-corrected chi connectivity index (χ0v) is 12.9. The highest BCUT2D eigenvalue weighted by atomic mass is 16.5. The van der Waals surface area contributed by atoms with Crippen LogP contribution in [0, 0.1) is 0 Å². The number of ether oxygens (including phenoxy) is 1. The second-order valence-corrected chi connectivity index (χ2v) is 5.61. The molecule has 3 heteroatoms. The quantitative estimate of drug-likeness (QED) is 0.655. The summed E-state index contributed by atoms with van der Waals surface area (Å²) in [7, 11) is 0. The summed E-state index contributed by atoms with van der Waals surface area (Å²) < 4.78 is 6.17. The molecule has 0 aliphatic carbocycles. The number of carbonyl (C=O) groups excluding carboxylic acids is 1. The summed E-state index contributed by atoms with van der Waals surface area (Å²) in [5.41, 5.74) is 3.12. The van der Waals surface area contributed by atoms with E-state index in [0.29, 0.717) is 16.9 Å². The predicted molar refractivity (Wildman–Crippen MR) is 92.8 cm³/mol. The van der Waals surface area contributed by atoms with Crippen molar-refractivity contribution in [2.24, 2.45) is 0 Å². The van der Waals surface area contributed by atoms with Crippen LogP contribution < -0.4 is 4.74 Å². The lowest BCUT2D eigenvalue weighted by molar-refractivity contribution is 0.0963. The van der Waals surface area contributed by atoms with Crippen molar-refractivity contribution in [1.82, 2.24) is 4.98 Å². The van der Waals surface area contributed by atoms with Crippen LogP contribution in [0.2, 0.25) is 0 Å². The summed E-state index contributed by atoms with van der Waals surface area (Å²) in [6, 6.07) is 20.9. The van der Waals surface area contributed by atoms with Gasteiger partial charge in [-0.1, -0.05) is 42.5 Å². The molecule has 2 aromatic carbocycles. The van der Waals surface area contributed by atoms with Crippen LogP contribution in [0.1, 0.15) is 27.6 Å². The minimum Gasteiger partial charge on any atom is -0.480 e. The van der Waals surface area contributed by atoms with Crippen LogP contribution >= 0.6 is 0 Å². The number of rotatable bonds is 2. The van der Waals surface area contributed by atoms with Crippen molar-refractivity contribution in [2.75, 3.05) is 0 Å². The number of aromatic nitrogens is 1. The van der Waals surface area contributed by atoms with Gasteiger partial charge in [-0.15, -0.1) is 0 Å².